The molecule has 1 aliphatic rings. The largest absolute Gasteiger partial charge is 0.460 e. The molecule has 0 N–H and O–H groups in total. The van der Waals surface area contributed by atoms with Gasteiger partial charge in [-0.25, -0.2) is 0 Å². The molecule has 1 aromatic carbocycles. The molecule has 108 valence electrons. The van der Waals surface area contributed by atoms with Crippen LogP contribution < -0.4 is 0 Å². The minimum atomic E-state index is -0.347. The Hall–Kier alpha value is -1.31. The van der Waals surface area contributed by atoms with Crippen molar-refractivity contribution in [1.29, 1.82) is 0 Å². The summed E-state index contributed by atoms with van der Waals surface area (Å²) >= 11 is 0. The first-order valence-electron chi connectivity index (χ1n) is 7.17. The van der Waals surface area contributed by atoms with Crippen LogP contribution in [0.2, 0.25) is 0 Å². The Morgan fingerprint density at radius 3 is 2.42 bits per heavy atom. The Morgan fingerprint density at radius 1 is 1.16 bits per heavy atom. The summed E-state index contributed by atoms with van der Waals surface area (Å²) in [5.74, 6) is -0.0407. The van der Waals surface area contributed by atoms with Gasteiger partial charge in [-0.3, -0.25) is 4.79 Å². The van der Waals surface area contributed by atoms with Gasteiger partial charge in [0.15, 0.2) is 0 Å². The molecule has 2 nitrogen and oxygen atoms in total. The first-order valence-corrected chi connectivity index (χ1v) is 7.17. The van der Waals surface area contributed by atoms with Crippen molar-refractivity contribution in [2.45, 2.75) is 53.1 Å². The quantitative estimate of drug-likeness (QED) is 0.731. The van der Waals surface area contributed by atoms with Gasteiger partial charge < -0.3 is 4.74 Å². The Bertz CT molecular complexity index is 445. The molecular formula is C17H28O2. The second-order valence-electron chi connectivity index (χ2n) is 6.48. The van der Waals surface area contributed by atoms with Gasteiger partial charge in [-0.05, 0) is 30.7 Å². The molecule has 0 amide bonds. The predicted molar refractivity (Wildman–Crippen MR) is 80.8 cm³/mol. The Labute approximate surface area is 119 Å². The van der Waals surface area contributed by atoms with Crippen molar-refractivity contribution >= 4 is 5.97 Å². The third-order valence-corrected chi connectivity index (χ3v) is 4.89. The second kappa shape index (κ2) is 5.36. The van der Waals surface area contributed by atoms with Gasteiger partial charge in [-0.2, -0.15) is 0 Å². The molecule has 1 atom stereocenters. The molecule has 0 radical (unpaired) electrons. The highest BCUT2D eigenvalue weighted by molar-refractivity contribution is 5.77. The summed E-state index contributed by atoms with van der Waals surface area (Å²) in [6.45, 7) is 6.83. The van der Waals surface area contributed by atoms with Crippen molar-refractivity contribution < 1.29 is 12.4 Å². The molecule has 2 heteroatoms. The number of rotatable bonds is 3. The van der Waals surface area contributed by atoms with Crippen LogP contribution in [-0.2, 0) is 16.1 Å². The van der Waals surface area contributed by atoms with E-state index in [1.54, 1.807) is 0 Å². The summed E-state index contributed by atoms with van der Waals surface area (Å²) in [7, 11) is 0. The molecule has 0 spiro atoms. The molecule has 1 fully saturated rings. The van der Waals surface area contributed by atoms with E-state index >= 15 is 0 Å². The van der Waals surface area contributed by atoms with Crippen molar-refractivity contribution in [1.82, 2.24) is 0 Å². The highest BCUT2D eigenvalue weighted by Gasteiger charge is 2.49. The lowest BCUT2D eigenvalue weighted by atomic mass is 9.59. The van der Waals surface area contributed by atoms with Crippen LogP contribution in [0, 0.1) is 10.8 Å². The minimum Gasteiger partial charge on any atom is -0.460 e. The van der Waals surface area contributed by atoms with Crippen LogP contribution in [0.4, 0.5) is 0 Å². The average molecular weight is 264 g/mol. The first kappa shape index (κ1) is 14.1. The smallest absolute Gasteiger partial charge is 0.312 e. The number of benzene rings is 1. The molecular weight excluding hydrogens is 236 g/mol. The van der Waals surface area contributed by atoms with Gasteiger partial charge in [-0.15, -0.1) is 0 Å². The Balaban J connectivity index is 0.00000200. The number of carbonyl (C=O) groups excluding carboxylic acids is 1. The third kappa shape index (κ3) is 2.83. The van der Waals surface area contributed by atoms with Gasteiger partial charge in [-0.1, -0.05) is 57.0 Å². The number of carbonyl (C=O) groups is 1. The Kier molecular flexibility index (Phi) is 3.98. The van der Waals surface area contributed by atoms with Crippen LogP contribution in [0.5, 0.6) is 0 Å². The van der Waals surface area contributed by atoms with E-state index in [9.17, 15) is 4.79 Å². The maximum Gasteiger partial charge on any atom is 0.312 e. The molecule has 1 aliphatic carbocycles. The normalized spacial score (nSPS) is 25.8. The number of hydrogen-bond donors (Lipinski definition) is 0. The van der Waals surface area contributed by atoms with E-state index in [-0.39, 0.29) is 19.7 Å². The Morgan fingerprint density at radius 2 is 1.79 bits per heavy atom. The summed E-state index contributed by atoms with van der Waals surface area (Å²) in [6, 6.07) is 9.88. The summed E-state index contributed by atoms with van der Waals surface area (Å²) in [4.78, 5) is 12.5. The lowest BCUT2D eigenvalue weighted by Crippen LogP contribution is -2.45. The lowest BCUT2D eigenvalue weighted by Gasteiger charge is -2.45. The van der Waals surface area contributed by atoms with Crippen molar-refractivity contribution in [3.8, 4) is 0 Å². The van der Waals surface area contributed by atoms with E-state index in [0.29, 0.717) is 6.61 Å². The maximum absolute atomic E-state index is 12.5. The topological polar surface area (TPSA) is 26.3 Å². The van der Waals surface area contributed by atoms with Gasteiger partial charge >= 0.3 is 5.97 Å². The predicted octanol–water partition coefficient (Wildman–Crippen LogP) is 4.83. The molecule has 0 bridgehead atoms. The molecule has 0 heterocycles. The maximum atomic E-state index is 12.5. The van der Waals surface area contributed by atoms with Crippen LogP contribution in [0.3, 0.4) is 0 Å². The first-order chi connectivity index (χ1) is 8.96. The van der Waals surface area contributed by atoms with E-state index in [1.165, 1.54) is 6.42 Å². The molecule has 0 aromatic heterocycles. The van der Waals surface area contributed by atoms with E-state index in [1.807, 2.05) is 30.3 Å². The summed E-state index contributed by atoms with van der Waals surface area (Å²) in [5, 5.41) is 0. The monoisotopic (exact) mass is 264 g/mol. The molecule has 2 rings (SSSR count). The molecule has 1 saturated carbocycles. The molecule has 0 aliphatic heterocycles. The highest BCUT2D eigenvalue weighted by Crippen LogP contribution is 2.50. The van der Waals surface area contributed by atoms with E-state index in [2.05, 4.69) is 20.8 Å². The van der Waals surface area contributed by atoms with Gasteiger partial charge in [0, 0.05) is 2.85 Å². The fourth-order valence-corrected chi connectivity index (χ4v) is 2.92. The van der Waals surface area contributed by atoms with Crippen molar-refractivity contribution in [3.05, 3.63) is 35.9 Å². The molecule has 0 saturated heterocycles. The fourth-order valence-electron chi connectivity index (χ4n) is 2.92. The van der Waals surface area contributed by atoms with Crippen LogP contribution >= 0.6 is 0 Å². The van der Waals surface area contributed by atoms with E-state index < -0.39 is 0 Å². The average Bonchev–Trinajstić information content (AvgIpc) is 2.40. The van der Waals surface area contributed by atoms with Crippen LogP contribution in [0.15, 0.2) is 30.3 Å². The summed E-state index contributed by atoms with van der Waals surface area (Å²) in [5.41, 5.74) is 0.729. The zero-order valence-corrected chi connectivity index (χ0v) is 12.2. The van der Waals surface area contributed by atoms with E-state index in [0.717, 1.165) is 24.8 Å². The summed E-state index contributed by atoms with van der Waals surface area (Å²) < 4.78 is 5.57. The summed E-state index contributed by atoms with van der Waals surface area (Å²) in [6.07, 6.45) is 4.38. The van der Waals surface area contributed by atoms with Gasteiger partial charge in [0.05, 0.1) is 5.41 Å². The third-order valence-electron chi connectivity index (χ3n) is 4.89. The van der Waals surface area contributed by atoms with Crippen LogP contribution in [0.1, 0.15) is 54.9 Å². The fraction of sp³-hybridized carbons (Fsp3) is 0.588. The lowest BCUT2D eigenvalue weighted by molar-refractivity contribution is -0.167. The van der Waals surface area contributed by atoms with Crippen molar-refractivity contribution in [3.63, 3.8) is 0 Å². The molecule has 0 unspecified atom stereocenters. The van der Waals surface area contributed by atoms with Gasteiger partial charge in [0.25, 0.3) is 0 Å². The SMILES string of the molecule is CC1(C)CCCC[C@@]1(C)C(=O)OCc1ccccc1.[HH].[HH]. The number of hydrogen-bond acceptors (Lipinski definition) is 2. The van der Waals surface area contributed by atoms with Crippen LogP contribution in [-0.4, -0.2) is 5.97 Å². The zero-order chi connectivity index (χ0) is 13.9. The molecule has 19 heavy (non-hydrogen) atoms. The van der Waals surface area contributed by atoms with Gasteiger partial charge in [0.2, 0.25) is 0 Å². The second-order valence-corrected chi connectivity index (χ2v) is 6.48. The van der Waals surface area contributed by atoms with Crippen molar-refractivity contribution in [2.24, 2.45) is 10.8 Å². The number of ether oxygens (including phenoxy) is 1. The number of esters is 1. The standard InChI is InChI=1S/C17H24O2.2H2/c1-16(2)11-7-8-12-17(16,3)15(18)19-13-14-9-5-4-6-10-14;;/h4-6,9-10H,7-8,11-13H2,1-3H3;2*1H/t17-;;/m0../s1. The van der Waals surface area contributed by atoms with Gasteiger partial charge in [0.1, 0.15) is 6.61 Å². The molecule has 1 aromatic rings. The van der Waals surface area contributed by atoms with Crippen LogP contribution in [0.25, 0.3) is 0 Å². The van der Waals surface area contributed by atoms with E-state index in [4.69, 9.17) is 4.74 Å². The highest BCUT2D eigenvalue weighted by atomic mass is 16.5. The van der Waals surface area contributed by atoms with Crippen molar-refractivity contribution in [2.75, 3.05) is 0 Å². The minimum absolute atomic E-state index is 0. The zero-order valence-electron chi connectivity index (χ0n) is 12.2.